The van der Waals surface area contributed by atoms with Crippen molar-refractivity contribution < 1.29 is 14.4 Å². The van der Waals surface area contributed by atoms with Crippen molar-refractivity contribution in [3.8, 4) is 0 Å². The Morgan fingerprint density at radius 1 is 1.46 bits per heavy atom. The van der Waals surface area contributed by atoms with Gasteiger partial charge >= 0.3 is 0 Å². The second-order valence-electron chi connectivity index (χ2n) is 6.06. The fourth-order valence-corrected chi connectivity index (χ4v) is 2.92. The van der Waals surface area contributed by atoms with E-state index in [9.17, 15) is 9.90 Å². The fraction of sp³-hybridized carbons (Fsp3) is 0.500. The van der Waals surface area contributed by atoms with Crippen molar-refractivity contribution in [2.24, 2.45) is 0 Å². The molecule has 0 saturated carbocycles. The summed E-state index contributed by atoms with van der Waals surface area (Å²) in [5.74, 6) is 0.492. The van der Waals surface area contributed by atoms with E-state index < -0.39 is 6.10 Å². The quantitative estimate of drug-likeness (QED) is 0.838. The normalized spacial score (nSPS) is 21.6. The molecule has 0 aromatic carbocycles. The molecule has 1 amide bonds. The third-order valence-corrected chi connectivity index (χ3v) is 4.34. The summed E-state index contributed by atoms with van der Waals surface area (Å²) in [4.78, 5) is 22.1. The molecule has 0 spiro atoms. The van der Waals surface area contributed by atoms with Gasteiger partial charge in [0.25, 0.3) is 5.91 Å². The molecule has 2 atom stereocenters. The van der Waals surface area contributed by atoms with Crippen molar-refractivity contribution in [1.29, 1.82) is 0 Å². The summed E-state index contributed by atoms with van der Waals surface area (Å²) < 4.78 is 5.18. The number of aryl methyl sites for hydroxylation is 2. The highest BCUT2D eigenvalue weighted by atomic mass is 16.5. The van der Waals surface area contributed by atoms with E-state index in [2.05, 4.69) is 25.3 Å². The van der Waals surface area contributed by atoms with Crippen LogP contribution in [0.4, 0.5) is 0 Å². The zero-order valence-electron chi connectivity index (χ0n) is 13.8. The summed E-state index contributed by atoms with van der Waals surface area (Å²) in [5.41, 5.74) is 2.19. The highest BCUT2D eigenvalue weighted by molar-refractivity contribution is 5.92. The summed E-state index contributed by atoms with van der Waals surface area (Å²) in [6, 6.07) is -0.291. The first-order valence-corrected chi connectivity index (χ1v) is 7.93. The lowest BCUT2D eigenvalue weighted by Gasteiger charge is -2.36. The standard InChI is InChI=1S/C16H21N5O3/c1-10-12(11(2)24-20-10)8-21-6-3-13(15(22)9-21)19-16(23)14-7-17-4-5-18-14/h4-5,7,13,15,22H,3,6,8-9H2,1-2H3,(H,19,23)/t13-,15-/m1/s1. The molecule has 128 valence electrons. The largest absolute Gasteiger partial charge is 0.390 e. The SMILES string of the molecule is Cc1noc(C)c1CN1CC[C@@H](NC(=O)c2cnccn2)[C@H](O)C1. The summed E-state index contributed by atoms with van der Waals surface area (Å²) >= 11 is 0. The molecule has 8 heteroatoms. The van der Waals surface area contributed by atoms with Gasteiger partial charge in [-0.2, -0.15) is 0 Å². The third-order valence-electron chi connectivity index (χ3n) is 4.34. The van der Waals surface area contributed by atoms with E-state index in [1.807, 2.05) is 13.8 Å². The minimum Gasteiger partial charge on any atom is -0.390 e. The Balaban J connectivity index is 1.56. The molecule has 0 bridgehead atoms. The van der Waals surface area contributed by atoms with Crippen LogP contribution in [0.5, 0.6) is 0 Å². The number of β-amino-alcohol motifs (C(OH)–C–C–N with tert-alkyl or cyclic N) is 1. The molecule has 8 nitrogen and oxygen atoms in total. The second-order valence-corrected chi connectivity index (χ2v) is 6.06. The zero-order valence-corrected chi connectivity index (χ0v) is 13.8. The number of nitrogens with zero attached hydrogens (tertiary/aromatic N) is 4. The number of hydrogen-bond donors (Lipinski definition) is 2. The Morgan fingerprint density at radius 2 is 2.29 bits per heavy atom. The van der Waals surface area contributed by atoms with Crippen molar-refractivity contribution in [2.45, 2.75) is 39.0 Å². The van der Waals surface area contributed by atoms with Gasteiger partial charge in [-0.1, -0.05) is 5.16 Å². The molecule has 0 aliphatic carbocycles. The lowest BCUT2D eigenvalue weighted by Crippen LogP contribution is -2.53. The molecule has 1 aliphatic rings. The van der Waals surface area contributed by atoms with Crippen molar-refractivity contribution in [3.63, 3.8) is 0 Å². The topological polar surface area (TPSA) is 104 Å². The summed E-state index contributed by atoms with van der Waals surface area (Å²) in [7, 11) is 0. The van der Waals surface area contributed by atoms with Crippen molar-refractivity contribution in [1.82, 2.24) is 25.3 Å². The molecule has 0 unspecified atom stereocenters. The van der Waals surface area contributed by atoms with Gasteiger partial charge in [0.05, 0.1) is 24.0 Å². The van der Waals surface area contributed by atoms with E-state index in [4.69, 9.17) is 4.52 Å². The van der Waals surface area contributed by atoms with Gasteiger partial charge in [-0.25, -0.2) is 4.98 Å². The molecule has 24 heavy (non-hydrogen) atoms. The van der Waals surface area contributed by atoms with Gasteiger partial charge in [0.2, 0.25) is 0 Å². The van der Waals surface area contributed by atoms with Crippen molar-refractivity contribution >= 4 is 5.91 Å². The van der Waals surface area contributed by atoms with E-state index in [-0.39, 0.29) is 17.6 Å². The van der Waals surface area contributed by atoms with Gasteiger partial charge in [0.1, 0.15) is 11.5 Å². The maximum Gasteiger partial charge on any atom is 0.271 e. The number of carbonyl (C=O) groups excluding carboxylic acids is 1. The van der Waals surface area contributed by atoms with Crippen LogP contribution in [0.25, 0.3) is 0 Å². The van der Waals surface area contributed by atoms with E-state index >= 15 is 0 Å². The number of aromatic nitrogens is 3. The summed E-state index contributed by atoms with van der Waals surface area (Å²) in [6.45, 7) is 5.74. The Labute approximate surface area is 139 Å². The number of carbonyl (C=O) groups is 1. The maximum absolute atomic E-state index is 12.1. The van der Waals surface area contributed by atoms with E-state index in [0.717, 1.165) is 23.6 Å². The lowest BCUT2D eigenvalue weighted by molar-refractivity contribution is 0.0346. The van der Waals surface area contributed by atoms with Gasteiger partial charge in [-0.3, -0.25) is 14.7 Å². The van der Waals surface area contributed by atoms with Gasteiger partial charge in [-0.05, 0) is 20.3 Å². The van der Waals surface area contributed by atoms with Crippen molar-refractivity contribution in [3.05, 3.63) is 41.3 Å². The monoisotopic (exact) mass is 331 g/mol. The highest BCUT2D eigenvalue weighted by Crippen LogP contribution is 2.19. The summed E-state index contributed by atoms with van der Waals surface area (Å²) in [5, 5.41) is 17.2. The van der Waals surface area contributed by atoms with Crippen LogP contribution in [-0.2, 0) is 6.54 Å². The second kappa shape index (κ2) is 7.06. The number of nitrogens with one attached hydrogen (secondary N) is 1. The van der Waals surface area contributed by atoms with Crippen LogP contribution in [0, 0.1) is 13.8 Å². The van der Waals surface area contributed by atoms with Crippen LogP contribution in [0.3, 0.4) is 0 Å². The van der Waals surface area contributed by atoms with Crippen LogP contribution in [-0.4, -0.2) is 56.3 Å². The Bertz CT molecular complexity index is 683. The van der Waals surface area contributed by atoms with E-state index in [1.165, 1.54) is 18.6 Å². The van der Waals surface area contributed by atoms with Gasteiger partial charge in [-0.15, -0.1) is 0 Å². The van der Waals surface area contributed by atoms with E-state index in [0.29, 0.717) is 19.5 Å². The van der Waals surface area contributed by atoms with Crippen LogP contribution < -0.4 is 5.32 Å². The Morgan fingerprint density at radius 3 is 2.92 bits per heavy atom. The third kappa shape index (κ3) is 3.60. The van der Waals surface area contributed by atoms with E-state index in [1.54, 1.807) is 0 Å². The predicted molar refractivity (Wildman–Crippen MR) is 85.2 cm³/mol. The van der Waals surface area contributed by atoms with Crippen molar-refractivity contribution in [2.75, 3.05) is 13.1 Å². The van der Waals surface area contributed by atoms with Gasteiger partial charge < -0.3 is 14.9 Å². The predicted octanol–water partition coefficient (Wildman–Crippen LogP) is 0.447. The number of rotatable bonds is 4. The first-order chi connectivity index (χ1) is 11.5. The molecule has 0 radical (unpaired) electrons. The molecule has 2 aromatic rings. The Hall–Kier alpha value is -2.32. The molecule has 1 fully saturated rings. The number of aliphatic hydroxyl groups excluding tert-OH is 1. The van der Waals surface area contributed by atoms with Gasteiger partial charge in [0, 0.05) is 37.6 Å². The maximum atomic E-state index is 12.1. The average molecular weight is 331 g/mol. The minimum absolute atomic E-state index is 0.253. The lowest BCUT2D eigenvalue weighted by atomic mass is 10.0. The minimum atomic E-state index is -0.639. The first-order valence-electron chi connectivity index (χ1n) is 7.93. The average Bonchev–Trinajstić information content (AvgIpc) is 2.90. The van der Waals surface area contributed by atoms with Crippen LogP contribution in [0.1, 0.15) is 33.9 Å². The smallest absolute Gasteiger partial charge is 0.271 e. The molecule has 3 rings (SSSR count). The number of amides is 1. The number of likely N-dealkylation sites (tertiary alicyclic amines) is 1. The zero-order chi connectivity index (χ0) is 17.1. The molecular formula is C16H21N5O3. The molecule has 2 aromatic heterocycles. The number of piperidine rings is 1. The highest BCUT2D eigenvalue weighted by Gasteiger charge is 2.30. The molecular weight excluding hydrogens is 310 g/mol. The van der Waals surface area contributed by atoms with Crippen LogP contribution in [0.2, 0.25) is 0 Å². The summed E-state index contributed by atoms with van der Waals surface area (Å²) in [6.07, 6.45) is 4.42. The van der Waals surface area contributed by atoms with Gasteiger partial charge in [0.15, 0.2) is 0 Å². The molecule has 1 saturated heterocycles. The van der Waals surface area contributed by atoms with Crippen LogP contribution in [0.15, 0.2) is 23.1 Å². The Kier molecular flexibility index (Phi) is 4.86. The fourth-order valence-electron chi connectivity index (χ4n) is 2.92. The molecule has 2 N–H and O–H groups in total. The molecule has 1 aliphatic heterocycles. The number of aliphatic hydroxyl groups is 1. The first kappa shape index (κ1) is 16.5. The number of hydrogen-bond acceptors (Lipinski definition) is 7. The molecule has 3 heterocycles. The van der Waals surface area contributed by atoms with Crippen LogP contribution >= 0.6 is 0 Å².